The summed E-state index contributed by atoms with van der Waals surface area (Å²) in [6.07, 6.45) is 1.94. The van der Waals surface area contributed by atoms with Gasteiger partial charge in [-0.05, 0) is 55.8 Å². The number of allylic oxidation sites excluding steroid dienone is 1. The van der Waals surface area contributed by atoms with Crippen molar-refractivity contribution in [2.75, 3.05) is 20.8 Å². The standard InChI is InChI=1S/C28H25FN2O4S/c1-16(2)10-17-11-22(20-15-36-27-19(20)6-5-7-21(27)29)31-23(12-17)24(32)14-30-28(33)18-8-9-25(34-3)26(13-18)35-4/h5-13,15H,14H2,1-4H3,(H,30,33). The van der Waals surface area contributed by atoms with Gasteiger partial charge < -0.3 is 14.8 Å². The van der Waals surface area contributed by atoms with E-state index in [1.807, 2.05) is 37.4 Å². The fourth-order valence-corrected chi connectivity index (χ4v) is 4.77. The summed E-state index contributed by atoms with van der Waals surface area (Å²) in [4.78, 5) is 30.3. The Labute approximate surface area is 212 Å². The number of nitrogens with zero attached hydrogens (tertiary/aromatic N) is 1. The fraction of sp³-hybridized carbons (Fsp3) is 0.179. The number of thiophene rings is 1. The first-order valence-electron chi connectivity index (χ1n) is 11.2. The van der Waals surface area contributed by atoms with Gasteiger partial charge >= 0.3 is 0 Å². The number of nitrogens with one attached hydrogen (secondary N) is 1. The Bertz CT molecular complexity index is 1490. The maximum atomic E-state index is 14.3. The van der Waals surface area contributed by atoms with Crippen molar-refractivity contribution in [3.05, 3.63) is 82.1 Å². The normalized spacial score (nSPS) is 10.7. The number of methoxy groups -OCH3 is 2. The Morgan fingerprint density at radius 1 is 1.06 bits per heavy atom. The highest BCUT2D eigenvalue weighted by Crippen LogP contribution is 2.35. The van der Waals surface area contributed by atoms with Crippen LogP contribution in [0.3, 0.4) is 0 Å². The van der Waals surface area contributed by atoms with Crippen molar-refractivity contribution >= 4 is 39.2 Å². The first-order valence-corrected chi connectivity index (χ1v) is 12.0. The zero-order valence-corrected chi connectivity index (χ0v) is 21.2. The molecule has 0 saturated heterocycles. The molecule has 2 aromatic carbocycles. The number of ketones is 1. The third kappa shape index (κ3) is 5.28. The minimum absolute atomic E-state index is 0.211. The number of ether oxygens (including phenoxy) is 2. The Balaban J connectivity index is 1.62. The highest BCUT2D eigenvalue weighted by Gasteiger charge is 2.17. The molecule has 36 heavy (non-hydrogen) atoms. The minimum atomic E-state index is -0.427. The van der Waals surface area contributed by atoms with Crippen molar-refractivity contribution in [1.82, 2.24) is 10.3 Å². The summed E-state index contributed by atoms with van der Waals surface area (Å²) < 4.78 is 25.2. The molecule has 0 unspecified atom stereocenters. The van der Waals surface area contributed by atoms with E-state index in [1.54, 1.807) is 30.3 Å². The number of fused-ring (bicyclic) bond motifs is 1. The number of pyridine rings is 1. The van der Waals surface area contributed by atoms with Gasteiger partial charge in [-0.2, -0.15) is 0 Å². The summed E-state index contributed by atoms with van der Waals surface area (Å²) in [7, 11) is 2.99. The van der Waals surface area contributed by atoms with Crippen LogP contribution in [-0.2, 0) is 0 Å². The Morgan fingerprint density at radius 2 is 1.83 bits per heavy atom. The van der Waals surface area contributed by atoms with Gasteiger partial charge in [0.1, 0.15) is 11.5 Å². The van der Waals surface area contributed by atoms with Crippen molar-refractivity contribution < 1.29 is 23.5 Å². The lowest BCUT2D eigenvalue weighted by Crippen LogP contribution is -2.30. The third-order valence-electron chi connectivity index (χ3n) is 5.47. The fourth-order valence-electron chi connectivity index (χ4n) is 3.80. The lowest BCUT2D eigenvalue weighted by Gasteiger charge is -2.10. The summed E-state index contributed by atoms with van der Waals surface area (Å²) >= 11 is 1.30. The van der Waals surface area contributed by atoms with Crippen molar-refractivity contribution in [2.45, 2.75) is 13.8 Å². The van der Waals surface area contributed by atoms with Gasteiger partial charge in [0.25, 0.3) is 5.91 Å². The SMILES string of the molecule is COc1ccc(C(=O)NCC(=O)c2cc(C=C(C)C)cc(-c3csc4c(F)cccc34)n2)cc1OC. The molecule has 0 fully saturated rings. The maximum Gasteiger partial charge on any atom is 0.251 e. The molecule has 0 bridgehead atoms. The molecule has 4 aromatic rings. The molecule has 8 heteroatoms. The van der Waals surface area contributed by atoms with Gasteiger partial charge in [-0.3, -0.25) is 9.59 Å². The van der Waals surface area contributed by atoms with E-state index in [0.717, 1.165) is 22.1 Å². The van der Waals surface area contributed by atoms with Crippen LogP contribution >= 0.6 is 11.3 Å². The van der Waals surface area contributed by atoms with Crippen LogP contribution in [0.5, 0.6) is 11.5 Å². The van der Waals surface area contributed by atoms with E-state index in [9.17, 15) is 14.0 Å². The molecule has 0 saturated carbocycles. The van der Waals surface area contributed by atoms with Crippen LogP contribution in [0, 0.1) is 5.82 Å². The monoisotopic (exact) mass is 504 g/mol. The number of carbonyl (C=O) groups excluding carboxylic acids is 2. The molecule has 0 radical (unpaired) electrons. The Hall–Kier alpha value is -4.04. The molecule has 4 rings (SSSR count). The number of benzene rings is 2. The zero-order chi connectivity index (χ0) is 25.8. The third-order valence-corrected chi connectivity index (χ3v) is 6.48. The van der Waals surface area contributed by atoms with Gasteiger partial charge in [0.05, 0.1) is 31.2 Å². The lowest BCUT2D eigenvalue weighted by molar-refractivity contribution is 0.0902. The minimum Gasteiger partial charge on any atom is -0.493 e. The summed E-state index contributed by atoms with van der Waals surface area (Å²) in [5.74, 6) is -0.155. The number of amides is 1. The van der Waals surface area contributed by atoms with Crippen molar-refractivity contribution in [3.8, 4) is 22.8 Å². The molecular formula is C28H25FN2O4S. The number of halogens is 1. The number of rotatable bonds is 8. The topological polar surface area (TPSA) is 77.5 Å². The van der Waals surface area contributed by atoms with Crippen LogP contribution in [0.4, 0.5) is 4.39 Å². The summed E-state index contributed by atoms with van der Waals surface area (Å²) in [6.45, 7) is 3.68. The molecular weight excluding hydrogens is 479 g/mol. The van der Waals surface area contributed by atoms with E-state index in [0.29, 0.717) is 27.5 Å². The first-order chi connectivity index (χ1) is 17.3. The van der Waals surface area contributed by atoms with Gasteiger partial charge in [-0.15, -0.1) is 11.3 Å². The summed E-state index contributed by atoms with van der Waals surface area (Å²) in [5.41, 5.74) is 3.71. The van der Waals surface area contributed by atoms with E-state index in [2.05, 4.69) is 10.3 Å². The van der Waals surface area contributed by atoms with E-state index in [4.69, 9.17) is 9.47 Å². The maximum absolute atomic E-state index is 14.3. The zero-order valence-electron chi connectivity index (χ0n) is 20.3. The second-order valence-corrected chi connectivity index (χ2v) is 9.21. The van der Waals surface area contributed by atoms with Gasteiger partial charge in [-0.25, -0.2) is 9.37 Å². The van der Waals surface area contributed by atoms with Crippen LogP contribution in [0.25, 0.3) is 27.4 Å². The average Bonchev–Trinajstić information content (AvgIpc) is 3.31. The number of aromatic nitrogens is 1. The quantitative estimate of drug-likeness (QED) is 0.291. The molecule has 2 heterocycles. The Morgan fingerprint density at radius 3 is 2.56 bits per heavy atom. The smallest absolute Gasteiger partial charge is 0.251 e. The van der Waals surface area contributed by atoms with Crippen molar-refractivity contribution in [3.63, 3.8) is 0 Å². The largest absolute Gasteiger partial charge is 0.493 e. The molecule has 0 atom stereocenters. The predicted octanol–water partition coefficient (Wildman–Crippen LogP) is 6.16. The van der Waals surface area contributed by atoms with E-state index >= 15 is 0 Å². The number of hydrogen-bond donors (Lipinski definition) is 1. The summed E-state index contributed by atoms with van der Waals surface area (Å²) in [6, 6.07) is 13.2. The van der Waals surface area contributed by atoms with Crippen molar-refractivity contribution in [2.24, 2.45) is 0 Å². The van der Waals surface area contributed by atoms with E-state index in [1.165, 1.54) is 31.6 Å². The van der Waals surface area contributed by atoms with Crippen LogP contribution in [0.15, 0.2) is 59.5 Å². The van der Waals surface area contributed by atoms with Crippen LogP contribution < -0.4 is 14.8 Å². The molecule has 2 aromatic heterocycles. The number of Topliss-reactive ketones (excluding diaryl/α,β-unsaturated/α-hetero) is 1. The van der Waals surface area contributed by atoms with Crippen LogP contribution in [-0.4, -0.2) is 37.4 Å². The first kappa shape index (κ1) is 25.1. The molecule has 0 aliphatic heterocycles. The molecule has 184 valence electrons. The molecule has 1 N–H and O–H groups in total. The molecule has 0 aliphatic carbocycles. The molecule has 6 nitrogen and oxygen atoms in total. The molecule has 0 spiro atoms. The average molecular weight is 505 g/mol. The van der Waals surface area contributed by atoms with Gasteiger partial charge in [0.2, 0.25) is 0 Å². The summed E-state index contributed by atoms with van der Waals surface area (Å²) in [5, 5.41) is 5.23. The lowest BCUT2D eigenvalue weighted by atomic mass is 10.0. The van der Waals surface area contributed by atoms with E-state index in [-0.39, 0.29) is 23.8 Å². The second-order valence-electron chi connectivity index (χ2n) is 8.33. The second kappa shape index (κ2) is 10.7. The molecule has 1 amide bonds. The molecule has 0 aliphatic rings. The van der Waals surface area contributed by atoms with Gasteiger partial charge in [0.15, 0.2) is 17.3 Å². The van der Waals surface area contributed by atoms with Crippen LogP contribution in [0.1, 0.15) is 40.3 Å². The highest BCUT2D eigenvalue weighted by atomic mass is 32.1. The van der Waals surface area contributed by atoms with Gasteiger partial charge in [0, 0.05) is 21.9 Å². The highest BCUT2D eigenvalue weighted by molar-refractivity contribution is 7.17. The Kier molecular flexibility index (Phi) is 7.45. The van der Waals surface area contributed by atoms with Crippen LogP contribution in [0.2, 0.25) is 0 Å². The van der Waals surface area contributed by atoms with Crippen molar-refractivity contribution in [1.29, 1.82) is 0 Å². The number of carbonyl (C=O) groups is 2. The van der Waals surface area contributed by atoms with E-state index < -0.39 is 5.91 Å². The predicted molar refractivity (Wildman–Crippen MR) is 141 cm³/mol. The van der Waals surface area contributed by atoms with Gasteiger partial charge in [-0.1, -0.05) is 23.8 Å². The number of hydrogen-bond acceptors (Lipinski definition) is 6.